The zero-order chi connectivity index (χ0) is 15.1. The number of nitrogens with zero attached hydrogens (tertiary/aromatic N) is 1. The Bertz CT molecular complexity index is 618. The molecule has 2 unspecified atom stereocenters. The summed E-state index contributed by atoms with van der Waals surface area (Å²) in [5.74, 6) is -1.17. The lowest BCUT2D eigenvalue weighted by Crippen LogP contribution is -2.26. The molecular weight excluding hydrogens is 363 g/mol. The number of halogens is 4. The molecule has 1 aliphatic heterocycles. The van der Waals surface area contributed by atoms with E-state index in [9.17, 15) is 21.6 Å². The molecule has 4 nitrogen and oxygen atoms in total. The third-order valence-electron chi connectivity index (χ3n) is 3.03. The Labute approximate surface area is 122 Å². The van der Waals surface area contributed by atoms with Gasteiger partial charge in [0.2, 0.25) is 0 Å². The van der Waals surface area contributed by atoms with E-state index in [2.05, 4.69) is 20.9 Å². The van der Waals surface area contributed by atoms with E-state index in [0.717, 1.165) is 6.07 Å². The van der Waals surface area contributed by atoms with Gasteiger partial charge in [-0.2, -0.15) is 13.2 Å². The maximum Gasteiger partial charge on any atom is 0.418 e. The summed E-state index contributed by atoms with van der Waals surface area (Å²) >= 11 is 2.93. The van der Waals surface area contributed by atoms with Crippen LogP contribution in [0.2, 0.25) is 0 Å². The Morgan fingerprint density at radius 2 is 2.15 bits per heavy atom. The topological polar surface area (TPSA) is 56.3 Å². The van der Waals surface area contributed by atoms with Crippen molar-refractivity contribution in [3.8, 4) is 0 Å². The van der Waals surface area contributed by atoms with Crippen molar-refractivity contribution in [2.75, 3.05) is 12.4 Å². The molecule has 0 amide bonds. The van der Waals surface area contributed by atoms with Gasteiger partial charge in [0.25, 0.3) is 0 Å². The molecule has 2 rings (SSSR count). The van der Waals surface area contributed by atoms with E-state index in [1.54, 1.807) is 0 Å². The van der Waals surface area contributed by atoms with Crippen molar-refractivity contribution in [1.82, 2.24) is 4.98 Å². The maximum absolute atomic E-state index is 13.0. The van der Waals surface area contributed by atoms with E-state index >= 15 is 0 Å². The first kappa shape index (κ1) is 15.7. The van der Waals surface area contributed by atoms with Gasteiger partial charge >= 0.3 is 6.18 Å². The highest BCUT2D eigenvalue weighted by Crippen LogP contribution is 2.38. The lowest BCUT2D eigenvalue weighted by atomic mass is 10.0. The third kappa shape index (κ3) is 2.99. The number of hydrogen-bond donors (Lipinski definition) is 0. The molecule has 1 aromatic rings. The molecular formula is C11H11BrF3NO3S. The monoisotopic (exact) mass is 373 g/mol. The molecule has 2 heterocycles. The normalized spacial score (nSPS) is 23.8. The van der Waals surface area contributed by atoms with Crippen LogP contribution in [-0.4, -0.2) is 31.2 Å². The van der Waals surface area contributed by atoms with Crippen LogP contribution < -0.4 is 0 Å². The smallest absolute Gasteiger partial charge is 0.361 e. The minimum Gasteiger partial charge on any atom is -0.361 e. The highest BCUT2D eigenvalue weighted by atomic mass is 79.9. The minimum absolute atomic E-state index is 0.00474. The van der Waals surface area contributed by atoms with Gasteiger partial charge in [0.05, 0.1) is 23.6 Å². The van der Waals surface area contributed by atoms with Crippen LogP contribution in [0, 0.1) is 0 Å². The Morgan fingerprint density at radius 1 is 1.50 bits per heavy atom. The van der Waals surface area contributed by atoms with Crippen LogP contribution in [0.1, 0.15) is 24.1 Å². The van der Waals surface area contributed by atoms with Gasteiger partial charge in [-0.25, -0.2) is 8.42 Å². The Balaban J connectivity index is 2.48. The second-order valence-corrected chi connectivity index (χ2v) is 7.59. The van der Waals surface area contributed by atoms with Crippen LogP contribution >= 0.6 is 15.9 Å². The molecule has 20 heavy (non-hydrogen) atoms. The molecule has 9 heteroatoms. The number of sulfone groups is 1. The summed E-state index contributed by atoms with van der Waals surface area (Å²) in [6, 6.07) is 0.889. The summed E-state index contributed by atoms with van der Waals surface area (Å²) in [5, 5.41) is 0. The highest BCUT2D eigenvalue weighted by molar-refractivity contribution is 9.10. The predicted molar refractivity (Wildman–Crippen MR) is 68.9 cm³/mol. The first-order valence-corrected chi connectivity index (χ1v) is 8.19. The van der Waals surface area contributed by atoms with E-state index in [1.165, 1.54) is 13.1 Å². The van der Waals surface area contributed by atoms with Gasteiger partial charge < -0.3 is 4.74 Å². The standard InChI is InChI=1S/C11H11BrF3NO3S/c1-6(10-19-2-3-20(10,17)18)9-8(11(13,14)15)4-7(12)5-16-9/h4-6,10H,2-3H2,1H3. The zero-order valence-corrected chi connectivity index (χ0v) is 12.7. The Kier molecular flexibility index (Phi) is 4.14. The van der Waals surface area contributed by atoms with Gasteiger partial charge in [-0.15, -0.1) is 0 Å². The number of hydrogen-bond acceptors (Lipinski definition) is 4. The fourth-order valence-electron chi connectivity index (χ4n) is 2.12. The van der Waals surface area contributed by atoms with Crippen molar-refractivity contribution in [2.45, 2.75) is 24.5 Å². The Hall–Kier alpha value is -0.670. The Morgan fingerprint density at radius 3 is 2.65 bits per heavy atom. The summed E-state index contributed by atoms with van der Waals surface area (Å²) < 4.78 is 67.8. The molecule has 1 saturated heterocycles. The minimum atomic E-state index is -4.61. The maximum atomic E-state index is 13.0. The first-order chi connectivity index (χ1) is 9.13. The molecule has 0 radical (unpaired) electrons. The number of rotatable bonds is 2. The summed E-state index contributed by atoms with van der Waals surface area (Å²) in [5.41, 5.74) is -2.56. The van der Waals surface area contributed by atoms with Crippen molar-refractivity contribution >= 4 is 25.8 Å². The van der Waals surface area contributed by atoms with Crippen LogP contribution in [-0.2, 0) is 20.8 Å². The second-order valence-electron chi connectivity index (χ2n) is 4.48. The molecule has 0 N–H and O–H groups in total. The van der Waals surface area contributed by atoms with Gasteiger partial charge in [-0.05, 0) is 22.0 Å². The number of ether oxygens (including phenoxy) is 1. The first-order valence-electron chi connectivity index (χ1n) is 5.69. The van der Waals surface area contributed by atoms with Crippen LogP contribution in [0.25, 0.3) is 0 Å². The van der Waals surface area contributed by atoms with E-state index < -0.39 is 32.9 Å². The van der Waals surface area contributed by atoms with Crippen molar-refractivity contribution < 1.29 is 26.3 Å². The largest absolute Gasteiger partial charge is 0.418 e. The lowest BCUT2D eigenvalue weighted by molar-refractivity contribution is -0.138. The fraction of sp³-hybridized carbons (Fsp3) is 0.545. The van der Waals surface area contributed by atoms with E-state index in [4.69, 9.17) is 4.74 Å². The van der Waals surface area contributed by atoms with Gasteiger partial charge in [0, 0.05) is 16.6 Å². The molecule has 1 fully saturated rings. The molecule has 112 valence electrons. The predicted octanol–water partition coefficient (Wildman–Crippen LogP) is 2.74. The SMILES string of the molecule is CC(c1ncc(Br)cc1C(F)(F)F)C1OCCS1(=O)=O. The molecule has 0 spiro atoms. The highest BCUT2D eigenvalue weighted by Gasteiger charge is 2.42. The average Bonchev–Trinajstić information content (AvgIpc) is 2.67. The number of aromatic nitrogens is 1. The average molecular weight is 374 g/mol. The summed E-state index contributed by atoms with van der Waals surface area (Å²) in [4.78, 5) is 3.74. The van der Waals surface area contributed by atoms with Gasteiger partial charge in [-0.3, -0.25) is 4.98 Å². The molecule has 0 saturated carbocycles. The summed E-state index contributed by atoms with van der Waals surface area (Å²) in [6.07, 6.45) is -3.40. The molecule has 1 aliphatic rings. The van der Waals surface area contributed by atoms with Gasteiger partial charge in [0.1, 0.15) is 0 Å². The van der Waals surface area contributed by atoms with E-state index in [-0.39, 0.29) is 22.5 Å². The van der Waals surface area contributed by atoms with Crippen LogP contribution in [0.4, 0.5) is 13.2 Å². The fourth-order valence-corrected chi connectivity index (χ4v) is 4.07. The number of pyridine rings is 1. The van der Waals surface area contributed by atoms with Gasteiger partial charge in [-0.1, -0.05) is 6.92 Å². The van der Waals surface area contributed by atoms with Crippen molar-refractivity contribution in [2.24, 2.45) is 0 Å². The van der Waals surface area contributed by atoms with E-state index in [0.29, 0.717) is 0 Å². The molecule has 0 aliphatic carbocycles. The van der Waals surface area contributed by atoms with Crippen molar-refractivity contribution in [1.29, 1.82) is 0 Å². The van der Waals surface area contributed by atoms with Gasteiger partial charge in [0.15, 0.2) is 15.3 Å². The van der Waals surface area contributed by atoms with Crippen molar-refractivity contribution in [3.05, 3.63) is 28.0 Å². The lowest BCUT2D eigenvalue weighted by Gasteiger charge is -2.21. The second kappa shape index (κ2) is 5.27. The van der Waals surface area contributed by atoms with Crippen LogP contribution in [0.3, 0.4) is 0 Å². The molecule has 0 bridgehead atoms. The molecule has 2 atom stereocenters. The molecule has 0 aromatic carbocycles. The summed E-state index contributed by atoms with van der Waals surface area (Å²) in [7, 11) is -3.55. The van der Waals surface area contributed by atoms with E-state index in [1.807, 2.05) is 0 Å². The number of alkyl halides is 3. The third-order valence-corrected chi connectivity index (χ3v) is 5.46. The van der Waals surface area contributed by atoms with Crippen LogP contribution in [0.15, 0.2) is 16.7 Å². The zero-order valence-electron chi connectivity index (χ0n) is 10.3. The quantitative estimate of drug-likeness (QED) is 0.799. The summed E-state index contributed by atoms with van der Waals surface area (Å²) in [6.45, 7) is 1.37. The van der Waals surface area contributed by atoms with Crippen molar-refractivity contribution in [3.63, 3.8) is 0 Å². The molecule has 1 aromatic heterocycles. The van der Waals surface area contributed by atoms with Crippen LogP contribution in [0.5, 0.6) is 0 Å².